The molecule has 1 amide bonds. The molecule has 2 heterocycles. The zero-order chi connectivity index (χ0) is 17.6. The van der Waals surface area contributed by atoms with E-state index in [0.29, 0.717) is 19.5 Å². The van der Waals surface area contributed by atoms with Crippen molar-refractivity contribution in [3.8, 4) is 0 Å². The van der Waals surface area contributed by atoms with Crippen molar-refractivity contribution in [1.29, 1.82) is 0 Å². The molecule has 132 valence electrons. The van der Waals surface area contributed by atoms with Gasteiger partial charge in [0.05, 0.1) is 6.20 Å². The molecule has 1 fully saturated rings. The number of aromatic nitrogens is 2. The third kappa shape index (κ3) is 4.37. The van der Waals surface area contributed by atoms with Gasteiger partial charge in [-0.3, -0.25) is 9.48 Å². The number of allylic oxidation sites excluding steroid dienone is 1. The van der Waals surface area contributed by atoms with E-state index in [-0.39, 0.29) is 24.3 Å². The Kier molecular flexibility index (Phi) is 5.66. The standard InChI is InChI=1S/C20H25N3O2/c1-22-12-17(11-21-22)19-14-23(13-18(19)15-24)20(25)10-6-5-9-16-7-3-2-4-8-16/h2-5,7-9,11-12,18-19,24H,6,10,13-15H2,1H3/b9-5+/t18-,19-/m0/s1. The van der Waals surface area contributed by atoms with Crippen molar-refractivity contribution in [3.63, 3.8) is 0 Å². The van der Waals surface area contributed by atoms with E-state index < -0.39 is 0 Å². The molecule has 0 spiro atoms. The lowest BCUT2D eigenvalue weighted by molar-refractivity contribution is -0.130. The van der Waals surface area contributed by atoms with Crippen molar-refractivity contribution in [2.45, 2.75) is 18.8 Å². The highest BCUT2D eigenvalue weighted by molar-refractivity contribution is 5.77. The summed E-state index contributed by atoms with van der Waals surface area (Å²) >= 11 is 0. The van der Waals surface area contributed by atoms with E-state index in [0.717, 1.165) is 17.5 Å². The number of aryl methyl sites for hydroxylation is 1. The Morgan fingerprint density at radius 2 is 2.12 bits per heavy atom. The summed E-state index contributed by atoms with van der Waals surface area (Å²) in [4.78, 5) is 14.4. The minimum Gasteiger partial charge on any atom is -0.396 e. The summed E-state index contributed by atoms with van der Waals surface area (Å²) in [6.07, 6.45) is 9.14. The largest absolute Gasteiger partial charge is 0.396 e. The van der Waals surface area contributed by atoms with Crippen LogP contribution in [0, 0.1) is 5.92 Å². The van der Waals surface area contributed by atoms with Gasteiger partial charge in [0.2, 0.25) is 5.91 Å². The molecule has 0 unspecified atom stereocenters. The summed E-state index contributed by atoms with van der Waals surface area (Å²) in [6, 6.07) is 10.1. The van der Waals surface area contributed by atoms with E-state index in [1.54, 1.807) is 4.68 Å². The van der Waals surface area contributed by atoms with Crippen molar-refractivity contribution in [1.82, 2.24) is 14.7 Å². The summed E-state index contributed by atoms with van der Waals surface area (Å²) < 4.78 is 1.77. The summed E-state index contributed by atoms with van der Waals surface area (Å²) in [5.41, 5.74) is 2.24. The maximum atomic E-state index is 12.5. The van der Waals surface area contributed by atoms with Crippen molar-refractivity contribution in [3.05, 3.63) is 59.9 Å². The zero-order valence-corrected chi connectivity index (χ0v) is 14.6. The third-order valence-corrected chi connectivity index (χ3v) is 4.82. The van der Waals surface area contributed by atoms with E-state index in [1.807, 2.05) is 66.8 Å². The molecule has 0 radical (unpaired) electrons. The maximum absolute atomic E-state index is 12.5. The molecule has 1 aromatic carbocycles. The van der Waals surface area contributed by atoms with Gasteiger partial charge in [-0.25, -0.2) is 0 Å². The lowest BCUT2D eigenvalue weighted by Gasteiger charge is -2.15. The first-order valence-electron chi connectivity index (χ1n) is 8.76. The minimum absolute atomic E-state index is 0.0908. The van der Waals surface area contributed by atoms with Crippen LogP contribution >= 0.6 is 0 Å². The molecular weight excluding hydrogens is 314 g/mol. The number of aliphatic hydroxyl groups excluding tert-OH is 1. The van der Waals surface area contributed by atoms with Crippen LogP contribution in [0.1, 0.15) is 29.9 Å². The van der Waals surface area contributed by atoms with Crippen molar-refractivity contribution >= 4 is 12.0 Å². The van der Waals surface area contributed by atoms with Gasteiger partial charge in [-0.05, 0) is 17.5 Å². The zero-order valence-electron chi connectivity index (χ0n) is 14.6. The lowest BCUT2D eigenvalue weighted by atomic mass is 9.92. The molecule has 25 heavy (non-hydrogen) atoms. The quantitative estimate of drug-likeness (QED) is 0.879. The topological polar surface area (TPSA) is 58.4 Å². The minimum atomic E-state index is 0.0908. The van der Waals surface area contributed by atoms with E-state index in [2.05, 4.69) is 5.10 Å². The van der Waals surface area contributed by atoms with Crippen LogP contribution in [-0.4, -0.2) is 45.4 Å². The highest BCUT2D eigenvalue weighted by Crippen LogP contribution is 2.32. The molecule has 0 aliphatic carbocycles. The molecule has 3 rings (SSSR count). The van der Waals surface area contributed by atoms with E-state index in [4.69, 9.17) is 0 Å². The number of carbonyl (C=O) groups is 1. The first kappa shape index (κ1) is 17.4. The average molecular weight is 339 g/mol. The second kappa shape index (κ2) is 8.12. The van der Waals surface area contributed by atoms with Crippen LogP contribution in [0.5, 0.6) is 0 Å². The predicted molar refractivity (Wildman–Crippen MR) is 97.8 cm³/mol. The summed E-state index contributed by atoms with van der Waals surface area (Å²) in [6.45, 7) is 1.38. The van der Waals surface area contributed by atoms with E-state index in [1.165, 1.54) is 0 Å². The normalized spacial score (nSPS) is 20.5. The summed E-state index contributed by atoms with van der Waals surface area (Å²) in [5, 5.41) is 13.9. The lowest BCUT2D eigenvalue weighted by Crippen LogP contribution is -2.28. The Bertz CT molecular complexity index is 724. The molecule has 2 aromatic rings. The Hall–Kier alpha value is -2.40. The van der Waals surface area contributed by atoms with Crippen LogP contribution in [0.4, 0.5) is 0 Å². The molecule has 1 aliphatic heterocycles. The monoisotopic (exact) mass is 339 g/mol. The second-order valence-corrected chi connectivity index (χ2v) is 6.65. The van der Waals surface area contributed by atoms with Crippen LogP contribution in [0.3, 0.4) is 0 Å². The van der Waals surface area contributed by atoms with Crippen LogP contribution < -0.4 is 0 Å². The summed E-state index contributed by atoms with van der Waals surface area (Å²) in [7, 11) is 1.88. The van der Waals surface area contributed by atoms with Gasteiger partial charge in [0, 0.05) is 51.2 Å². The van der Waals surface area contributed by atoms with Gasteiger partial charge in [-0.2, -0.15) is 5.10 Å². The van der Waals surface area contributed by atoms with Gasteiger partial charge in [0.25, 0.3) is 0 Å². The third-order valence-electron chi connectivity index (χ3n) is 4.82. The molecule has 1 aromatic heterocycles. The molecule has 0 bridgehead atoms. The fraction of sp³-hybridized carbons (Fsp3) is 0.400. The van der Waals surface area contributed by atoms with Gasteiger partial charge < -0.3 is 10.0 Å². The molecular formula is C20H25N3O2. The molecule has 1 N–H and O–H groups in total. The maximum Gasteiger partial charge on any atom is 0.222 e. The van der Waals surface area contributed by atoms with Crippen molar-refractivity contribution in [2.75, 3.05) is 19.7 Å². The molecule has 1 aliphatic rings. The number of aliphatic hydroxyl groups is 1. The molecule has 2 atom stereocenters. The van der Waals surface area contributed by atoms with Gasteiger partial charge in [-0.15, -0.1) is 0 Å². The van der Waals surface area contributed by atoms with Crippen LogP contribution in [0.2, 0.25) is 0 Å². The first-order valence-corrected chi connectivity index (χ1v) is 8.76. The Morgan fingerprint density at radius 1 is 1.32 bits per heavy atom. The number of hydrogen-bond acceptors (Lipinski definition) is 3. The fourth-order valence-corrected chi connectivity index (χ4v) is 3.42. The van der Waals surface area contributed by atoms with Crippen LogP contribution in [0.15, 0.2) is 48.8 Å². The first-order chi connectivity index (χ1) is 12.2. The van der Waals surface area contributed by atoms with Crippen molar-refractivity contribution < 1.29 is 9.90 Å². The second-order valence-electron chi connectivity index (χ2n) is 6.65. The number of rotatable bonds is 6. The number of carbonyl (C=O) groups excluding carboxylic acids is 1. The van der Waals surface area contributed by atoms with Crippen LogP contribution in [0.25, 0.3) is 6.08 Å². The van der Waals surface area contributed by atoms with Gasteiger partial charge >= 0.3 is 0 Å². The number of amides is 1. The van der Waals surface area contributed by atoms with E-state index >= 15 is 0 Å². The number of hydrogen-bond donors (Lipinski definition) is 1. The average Bonchev–Trinajstić information content (AvgIpc) is 3.25. The fourth-order valence-electron chi connectivity index (χ4n) is 3.42. The summed E-state index contributed by atoms with van der Waals surface area (Å²) in [5.74, 6) is 0.415. The SMILES string of the molecule is Cn1cc([C@@H]2CN(C(=O)CC/C=C/c3ccccc3)C[C@H]2CO)cn1. The Morgan fingerprint density at radius 3 is 2.80 bits per heavy atom. The van der Waals surface area contributed by atoms with Gasteiger partial charge in [-0.1, -0.05) is 42.5 Å². The highest BCUT2D eigenvalue weighted by Gasteiger charge is 2.35. The van der Waals surface area contributed by atoms with Gasteiger partial charge in [0.1, 0.15) is 0 Å². The Balaban J connectivity index is 1.53. The van der Waals surface area contributed by atoms with Crippen molar-refractivity contribution in [2.24, 2.45) is 13.0 Å². The molecule has 5 nitrogen and oxygen atoms in total. The number of likely N-dealkylation sites (tertiary alicyclic amines) is 1. The smallest absolute Gasteiger partial charge is 0.222 e. The van der Waals surface area contributed by atoms with Gasteiger partial charge in [0.15, 0.2) is 0 Å². The van der Waals surface area contributed by atoms with E-state index in [9.17, 15) is 9.90 Å². The molecule has 1 saturated heterocycles. The Labute approximate surface area is 148 Å². The number of benzene rings is 1. The number of nitrogens with zero attached hydrogens (tertiary/aromatic N) is 3. The highest BCUT2D eigenvalue weighted by atomic mass is 16.3. The molecule has 5 heteroatoms. The predicted octanol–water partition coefficient (Wildman–Crippen LogP) is 2.45. The molecule has 0 saturated carbocycles. The van der Waals surface area contributed by atoms with Crippen LogP contribution in [-0.2, 0) is 11.8 Å².